The quantitative estimate of drug-likeness (QED) is 0.467. The Morgan fingerprint density at radius 1 is 1.88 bits per heavy atom. The first-order valence-electron chi connectivity index (χ1n) is 2.78. The molecule has 1 aliphatic rings. The molecule has 1 heterocycles. The van der Waals surface area contributed by atoms with E-state index < -0.39 is 0 Å². The third kappa shape index (κ3) is 0.842. The van der Waals surface area contributed by atoms with Crippen LogP contribution in [0.1, 0.15) is 13.3 Å². The van der Waals surface area contributed by atoms with Crippen molar-refractivity contribution in [2.45, 2.75) is 19.4 Å². The number of rotatable bonds is 0. The van der Waals surface area contributed by atoms with E-state index in [1.807, 2.05) is 14.0 Å². The van der Waals surface area contributed by atoms with Gasteiger partial charge in [-0.3, -0.25) is 9.90 Å². The first kappa shape index (κ1) is 5.63. The van der Waals surface area contributed by atoms with Crippen LogP contribution < -0.4 is 0 Å². The molecular formula is C6H11NO. The van der Waals surface area contributed by atoms with Gasteiger partial charge in [-0.25, -0.2) is 0 Å². The normalized spacial score (nSPS) is 29.5. The molecule has 0 N–H and O–H groups in total. The van der Waals surface area contributed by atoms with Crippen LogP contribution in [0, 0.1) is 0 Å². The molecule has 0 aromatic heterocycles. The van der Waals surface area contributed by atoms with Crippen LogP contribution in [0.25, 0.3) is 0 Å². The summed E-state index contributed by atoms with van der Waals surface area (Å²) in [5.41, 5.74) is 1.07. The average Bonchev–Trinajstić information content (AvgIpc) is 1.85. The summed E-state index contributed by atoms with van der Waals surface area (Å²) in [6.07, 6.45) is 1.30. The summed E-state index contributed by atoms with van der Waals surface area (Å²) in [5, 5.41) is 1.73. The molecule has 1 aliphatic heterocycles. The standard InChI is InChI=1S/C6H11NO/c1-5-4-6(2)8-7(5)3/h6H,1,4H2,2-3H3. The average molecular weight is 113 g/mol. The van der Waals surface area contributed by atoms with Crippen LogP contribution in [0.15, 0.2) is 12.3 Å². The van der Waals surface area contributed by atoms with Crippen molar-refractivity contribution >= 4 is 0 Å². The lowest BCUT2D eigenvalue weighted by Gasteiger charge is -2.09. The van der Waals surface area contributed by atoms with Crippen LogP contribution in [0.4, 0.5) is 0 Å². The predicted octanol–water partition coefficient (Wildman–Crippen LogP) is 1.16. The zero-order valence-corrected chi connectivity index (χ0v) is 5.35. The minimum absolute atomic E-state index is 0.326. The van der Waals surface area contributed by atoms with E-state index in [0.717, 1.165) is 12.1 Å². The molecule has 8 heavy (non-hydrogen) atoms. The van der Waals surface area contributed by atoms with Crippen molar-refractivity contribution in [2.75, 3.05) is 7.05 Å². The fraction of sp³-hybridized carbons (Fsp3) is 0.667. The van der Waals surface area contributed by atoms with Crippen molar-refractivity contribution in [1.29, 1.82) is 0 Å². The second-order valence-electron chi connectivity index (χ2n) is 2.18. The van der Waals surface area contributed by atoms with E-state index >= 15 is 0 Å². The van der Waals surface area contributed by atoms with E-state index in [1.165, 1.54) is 0 Å². The molecule has 0 aliphatic carbocycles. The Labute approximate surface area is 49.7 Å². The Bertz CT molecular complexity index is 111. The smallest absolute Gasteiger partial charge is 0.0883 e. The molecule has 1 rings (SSSR count). The van der Waals surface area contributed by atoms with Gasteiger partial charge in [0.05, 0.1) is 6.10 Å². The van der Waals surface area contributed by atoms with Gasteiger partial charge in [0.1, 0.15) is 0 Å². The molecule has 0 radical (unpaired) electrons. The molecule has 1 fully saturated rings. The first-order chi connectivity index (χ1) is 3.70. The molecule has 0 bridgehead atoms. The molecule has 0 aromatic carbocycles. The Morgan fingerprint density at radius 2 is 2.50 bits per heavy atom. The van der Waals surface area contributed by atoms with Crippen molar-refractivity contribution in [1.82, 2.24) is 5.06 Å². The molecule has 0 saturated carbocycles. The molecule has 2 heteroatoms. The van der Waals surface area contributed by atoms with E-state index in [1.54, 1.807) is 5.06 Å². The molecule has 1 atom stereocenters. The van der Waals surface area contributed by atoms with Gasteiger partial charge < -0.3 is 0 Å². The summed E-state index contributed by atoms with van der Waals surface area (Å²) in [5.74, 6) is 0. The highest BCUT2D eigenvalue weighted by Gasteiger charge is 2.18. The van der Waals surface area contributed by atoms with Crippen molar-refractivity contribution < 1.29 is 4.84 Å². The van der Waals surface area contributed by atoms with Gasteiger partial charge in [0.15, 0.2) is 0 Å². The van der Waals surface area contributed by atoms with Gasteiger partial charge in [0.25, 0.3) is 0 Å². The van der Waals surface area contributed by atoms with Crippen LogP contribution in [0.5, 0.6) is 0 Å². The Kier molecular flexibility index (Phi) is 1.26. The molecule has 0 amide bonds. The third-order valence-corrected chi connectivity index (χ3v) is 1.31. The summed E-state index contributed by atoms with van der Waals surface area (Å²) in [4.78, 5) is 5.21. The van der Waals surface area contributed by atoms with Crippen LogP contribution in [0.2, 0.25) is 0 Å². The Balaban J connectivity index is 2.51. The third-order valence-electron chi connectivity index (χ3n) is 1.31. The SMILES string of the molecule is C=C1CC(C)ON1C. The second kappa shape index (κ2) is 1.78. The molecule has 2 nitrogen and oxygen atoms in total. The van der Waals surface area contributed by atoms with E-state index in [-0.39, 0.29) is 0 Å². The van der Waals surface area contributed by atoms with E-state index in [4.69, 9.17) is 4.84 Å². The molecule has 0 spiro atoms. The first-order valence-corrected chi connectivity index (χ1v) is 2.78. The lowest BCUT2D eigenvalue weighted by atomic mass is 10.2. The van der Waals surface area contributed by atoms with Gasteiger partial charge in [-0.15, -0.1) is 0 Å². The van der Waals surface area contributed by atoms with E-state index in [9.17, 15) is 0 Å². The van der Waals surface area contributed by atoms with Crippen molar-refractivity contribution in [2.24, 2.45) is 0 Å². The van der Waals surface area contributed by atoms with E-state index in [0.29, 0.717) is 6.10 Å². The lowest BCUT2D eigenvalue weighted by molar-refractivity contribution is -0.105. The van der Waals surface area contributed by atoms with Gasteiger partial charge in [0.2, 0.25) is 0 Å². The highest BCUT2D eigenvalue weighted by atomic mass is 16.7. The number of nitrogens with zero attached hydrogens (tertiary/aromatic N) is 1. The van der Waals surface area contributed by atoms with Crippen molar-refractivity contribution in [3.8, 4) is 0 Å². The van der Waals surface area contributed by atoms with Gasteiger partial charge in [-0.1, -0.05) is 6.58 Å². The minimum atomic E-state index is 0.326. The van der Waals surface area contributed by atoms with E-state index in [2.05, 4.69) is 6.58 Å². The number of hydrogen-bond acceptors (Lipinski definition) is 2. The fourth-order valence-electron chi connectivity index (χ4n) is 0.842. The molecule has 0 aromatic rings. The number of hydroxylamine groups is 2. The maximum atomic E-state index is 5.21. The highest BCUT2D eigenvalue weighted by Crippen LogP contribution is 2.19. The summed E-state index contributed by atoms with van der Waals surface area (Å²) in [6, 6.07) is 0. The molecule has 46 valence electrons. The number of hydrogen-bond donors (Lipinski definition) is 0. The van der Waals surface area contributed by atoms with Crippen LogP contribution in [-0.4, -0.2) is 18.2 Å². The topological polar surface area (TPSA) is 12.5 Å². The maximum Gasteiger partial charge on any atom is 0.0883 e. The second-order valence-corrected chi connectivity index (χ2v) is 2.18. The summed E-state index contributed by atoms with van der Waals surface area (Å²) >= 11 is 0. The van der Waals surface area contributed by atoms with Gasteiger partial charge in [0, 0.05) is 19.2 Å². The highest BCUT2D eigenvalue weighted by molar-refractivity contribution is 4.94. The van der Waals surface area contributed by atoms with Crippen LogP contribution in [0.3, 0.4) is 0 Å². The monoisotopic (exact) mass is 113 g/mol. The molecule has 1 unspecified atom stereocenters. The largest absolute Gasteiger partial charge is 0.271 e. The molecular weight excluding hydrogens is 102 g/mol. The Hall–Kier alpha value is -0.500. The fourth-order valence-corrected chi connectivity index (χ4v) is 0.842. The summed E-state index contributed by atoms with van der Waals surface area (Å²) in [6.45, 7) is 5.82. The summed E-state index contributed by atoms with van der Waals surface area (Å²) in [7, 11) is 1.88. The van der Waals surface area contributed by atoms with Gasteiger partial charge >= 0.3 is 0 Å². The van der Waals surface area contributed by atoms with Crippen molar-refractivity contribution in [3.05, 3.63) is 12.3 Å². The zero-order chi connectivity index (χ0) is 6.15. The lowest BCUT2D eigenvalue weighted by Crippen LogP contribution is -2.09. The van der Waals surface area contributed by atoms with Gasteiger partial charge in [-0.2, -0.15) is 0 Å². The molecule has 1 saturated heterocycles. The van der Waals surface area contributed by atoms with Crippen LogP contribution >= 0.6 is 0 Å². The summed E-state index contributed by atoms with van der Waals surface area (Å²) < 4.78 is 0. The van der Waals surface area contributed by atoms with Crippen LogP contribution in [-0.2, 0) is 4.84 Å². The van der Waals surface area contributed by atoms with Crippen molar-refractivity contribution in [3.63, 3.8) is 0 Å². The Morgan fingerprint density at radius 3 is 2.62 bits per heavy atom. The van der Waals surface area contributed by atoms with Gasteiger partial charge in [-0.05, 0) is 6.92 Å². The minimum Gasteiger partial charge on any atom is -0.271 e. The zero-order valence-electron chi connectivity index (χ0n) is 5.35. The predicted molar refractivity (Wildman–Crippen MR) is 32.1 cm³/mol. The maximum absolute atomic E-state index is 5.21.